The third kappa shape index (κ3) is 3.32. The molecule has 6 heteroatoms. The Hall–Kier alpha value is -0.650. The lowest BCUT2D eigenvalue weighted by Gasteiger charge is -2.33. The molecule has 0 bridgehead atoms. The molecule has 0 amide bonds. The summed E-state index contributed by atoms with van der Waals surface area (Å²) < 4.78 is 5.39. The second-order valence-corrected chi connectivity index (χ2v) is 6.89. The van der Waals surface area contributed by atoms with Gasteiger partial charge in [-0.05, 0) is 25.3 Å². The molecule has 2 aliphatic rings. The maximum atomic E-state index is 5.39. The molecular weight excluding hydrogens is 276 g/mol. The van der Waals surface area contributed by atoms with Crippen LogP contribution in [0.3, 0.4) is 0 Å². The zero-order valence-electron chi connectivity index (χ0n) is 12.6. The predicted octanol–water partition coefficient (Wildman–Crippen LogP) is 1.97. The van der Waals surface area contributed by atoms with Gasteiger partial charge in [0, 0.05) is 24.5 Å². The summed E-state index contributed by atoms with van der Waals surface area (Å²) in [5, 5.41) is 7.68. The molecule has 0 aliphatic carbocycles. The van der Waals surface area contributed by atoms with Crippen LogP contribution in [-0.4, -0.2) is 40.7 Å². The summed E-state index contributed by atoms with van der Waals surface area (Å²) in [6.07, 6.45) is 2.54. The van der Waals surface area contributed by atoms with Crippen molar-refractivity contribution in [1.82, 2.24) is 20.4 Å². The fraction of sp³-hybridized carbons (Fsp3) is 0.857. The van der Waals surface area contributed by atoms with Gasteiger partial charge in [-0.3, -0.25) is 4.90 Å². The van der Waals surface area contributed by atoms with Crippen LogP contribution < -0.4 is 5.32 Å². The molecule has 0 aromatic carbocycles. The summed E-state index contributed by atoms with van der Waals surface area (Å²) in [5.41, 5.74) is -0.0376. The van der Waals surface area contributed by atoms with Crippen LogP contribution in [0, 0.1) is 5.92 Å². The third-order valence-electron chi connectivity index (χ3n) is 4.24. The maximum absolute atomic E-state index is 5.39. The molecule has 2 atom stereocenters. The van der Waals surface area contributed by atoms with E-state index in [2.05, 4.69) is 41.1 Å². The van der Waals surface area contributed by atoms with E-state index in [-0.39, 0.29) is 17.8 Å². The fourth-order valence-corrected chi connectivity index (χ4v) is 3.08. The fourth-order valence-electron chi connectivity index (χ4n) is 3.08. The highest BCUT2D eigenvalue weighted by molar-refractivity contribution is 5.85. The number of likely N-dealkylation sites (tertiary alicyclic amines) is 1. The number of piperidine rings is 1. The van der Waals surface area contributed by atoms with Gasteiger partial charge in [0.15, 0.2) is 5.82 Å². The number of fused-ring (bicyclic) bond motifs is 1. The first-order valence-electron chi connectivity index (χ1n) is 7.31. The van der Waals surface area contributed by atoms with E-state index < -0.39 is 0 Å². The standard InChI is InChI=1S/C14H24N4O.ClH/c1-14(2,3)13-16-12(19-17-13)9-18-7-5-11-10(8-18)4-6-15-11;/h10-11,15H,4-9H2,1-3H3;1H. The van der Waals surface area contributed by atoms with Crippen LogP contribution in [0.15, 0.2) is 4.52 Å². The van der Waals surface area contributed by atoms with Gasteiger partial charge in [0.05, 0.1) is 6.54 Å². The van der Waals surface area contributed by atoms with Gasteiger partial charge in [-0.15, -0.1) is 12.4 Å². The minimum atomic E-state index is -0.0376. The van der Waals surface area contributed by atoms with Crippen LogP contribution in [0.2, 0.25) is 0 Å². The number of aromatic nitrogens is 2. The van der Waals surface area contributed by atoms with Crippen LogP contribution in [0.25, 0.3) is 0 Å². The molecule has 2 unspecified atom stereocenters. The molecule has 2 fully saturated rings. The summed E-state index contributed by atoms with van der Waals surface area (Å²) in [6, 6.07) is 0.740. The Morgan fingerprint density at radius 2 is 2.15 bits per heavy atom. The first kappa shape index (κ1) is 15.7. The molecule has 114 valence electrons. The summed E-state index contributed by atoms with van der Waals surface area (Å²) in [4.78, 5) is 6.98. The Morgan fingerprint density at radius 1 is 1.35 bits per heavy atom. The number of nitrogens with one attached hydrogen (secondary N) is 1. The number of hydrogen-bond acceptors (Lipinski definition) is 5. The number of rotatable bonds is 2. The molecule has 20 heavy (non-hydrogen) atoms. The molecule has 3 rings (SSSR count). The Balaban J connectivity index is 0.00000147. The molecule has 3 heterocycles. The molecular formula is C14H25ClN4O. The molecule has 1 aromatic heterocycles. The quantitative estimate of drug-likeness (QED) is 0.905. The highest BCUT2D eigenvalue weighted by Crippen LogP contribution is 2.26. The van der Waals surface area contributed by atoms with Gasteiger partial charge in [0.1, 0.15) is 0 Å². The normalized spacial score (nSPS) is 27.1. The van der Waals surface area contributed by atoms with Gasteiger partial charge in [-0.1, -0.05) is 25.9 Å². The lowest BCUT2D eigenvalue weighted by Crippen LogP contribution is -2.43. The van der Waals surface area contributed by atoms with Crippen molar-refractivity contribution in [3.8, 4) is 0 Å². The van der Waals surface area contributed by atoms with Crippen molar-refractivity contribution in [3.05, 3.63) is 11.7 Å². The van der Waals surface area contributed by atoms with E-state index in [4.69, 9.17) is 4.52 Å². The van der Waals surface area contributed by atoms with Crippen molar-refractivity contribution in [2.45, 2.75) is 51.6 Å². The minimum Gasteiger partial charge on any atom is -0.338 e. The lowest BCUT2D eigenvalue weighted by molar-refractivity contribution is 0.140. The summed E-state index contributed by atoms with van der Waals surface area (Å²) in [6.45, 7) is 10.6. The van der Waals surface area contributed by atoms with Crippen molar-refractivity contribution in [2.75, 3.05) is 19.6 Å². The first-order chi connectivity index (χ1) is 9.02. The Bertz CT molecular complexity index is 443. The highest BCUT2D eigenvalue weighted by atomic mass is 35.5. The van der Waals surface area contributed by atoms with Gasteiger partial charge in [0.2, 0.25) is 5.89 Å². The number of nitrogens with zero attached hydrogens (tertiary/aromatic N) is 3. The maximum Gasteiger partial charge on any atom is 0.240 e. The second-order valence-electron chi connectivity index (χ2n) is 6.89. The van der Waals surface area contributed by atoms with E-state index in [1.165, 1.54) is 19.4 Å². The van der Waals surface area contributed by atoms with Crippen molar-refractivity contribution in [2.24, 2.45) is 5.92 Å². The SMILES string of the molecule is CC(C)(C)c1noc(CN2CCC3NCCC3C2)n1.Cl. The summed E-state index contributed by atoms with van der Waals surface area (Å²) >= 11 is 0. The lowest BCUT2D eigenvalue weighted by atomic mass is 9.93. The van der Waals surface area contributed by atoms with Gasteiger partial charge < -0.3 is 9.84 Å². The van der Waals surface area contributed by atoms with E-state index >= 15 is 0 Å². The minimum absolute atomic E-state index is 0. The van der Waals surface area contributed by atoms with Gasteiger partial charge in [0.25, 0.3) is 0 Å². The van der Waals surface area contributed by atoms with Crippen molar-refractivity contribution >= 4 is 12.4 Å². The zero-order valence-corrected chi connectivity index (χ0v) is 13.4. The van der Waals surface area contributed by atoms with Crippen LogP contribution in [-0.2, 0) is 12.0 Å². The molecule has 2 aliphatic heterocycles. The molecule has 0 saturated carbocycles. The number of hydrogen-bond donors (Lipinski definition) is 1. The van der Waals surface area contributed by atoms with E-state index in [1.807, 2.05) is 0 Å². The second kappa shape index (κ2) is 6.00. The number of halogens is 1. The van der Waals surface area contributed by atoms with Crippen LogP contribution in [0.5, 0.6) is 0 Å². The molecule has 1 N–H and O–H groups in total. The average Bonchev–Trinajstić information content (AvgIpc) is 2.95. The van der Waals surface area contributed by atoms with Crippen molar-refractivity contribution < 1.29 is 4.52 Å². The average molecular weight is 301 g/mol. The molecule has 5 nitrogen and oxygen atoms in total. The Morgan fingerprint density at radius 3 is 2.85 bits per heavy atom. The Labute approximate surface area is 126 Å². The topological polar surface area (TPSA) is 54.2 Å². The third-order valence-corrected chi connectivity index (χ3v) is 4.24. The van der Waals surface area contributed by atoms with Gasteiger partial charge in [-0.25, -0.2) is 0 Å². The van der Waals surface area contributed by atoms with Gasteiger partial charge >= 0.3 is 0 Å². The zero-order chi connectivity index (χ0) is 13.5. The first-order valence-corrected chi connectivity index (χ1v) is 7.31. The van der Waals surface area contributed by atoms with E-state index in [0.717, 1.165) is 43.3 Å². The highest BCUT2D eigenvalue weighted by Gasteiger charge is 2.33. The smallest absolute Gasteiger partial charge is 0.240 e. The van der Waals surface area contributed by atoms with Crippen molar-refractivity contribution in [3.63, 3.8) is 0 Å². The Kier molecular flexibility index (Phi) is 4.72. The van der Waals surface area contributed by atoms with Crippen molar-refractivity contribution in [1.29, 1.82) is 0 Å². The largest absolute Gasteiger partial charge is 0.338 e. The summed E-state index contributed by atoms with van der Waals surface area (Å²) in [5.74, 6) is 2.37. The molecule has 2 saturated heterocycles. The van der Waals surface area contributed by atoms with Gasteiger partial charge in [-0.2, -0.15) is 4.98 Å². The monoisotopic (exact) mass is 300 g/mol. The van der Waals surface area contributed by atoms with Crippen LogP contribution in [0.4, 0.5) is 0 Å². The van der Waals surface area contributed by atoms with E-state index in [0.29, 0.717) is 0 Å². The van der Waals surface area contributed by atoms with Crippen LogP contribution >= 0.6 is 12.4 Å². The van der Waals surface area contributed by atoms with Crippen LogP contribution in [0.1, 0.15) is 45.3 Å². The molecule has 1 aromatic rings. The van der Waals surface area contributed by atoms with E-state index in [1.54, 1.807) is 0 Å². The van der Waals surface area contributed by atoms with E-state index in [9.17, 15) is 0 Å². The summed E-state index contributed by atoms with van der Waals surface area (Å²) in [7, 11) is 0. The predicted molar refractivity (Wildman–Crippen MR) is 80.0 cm³/mol. The molecule has 0 radical (unpaired) electrons. The molecule has 0 spiro atoms.